The normalized spacial score (nSPS) is 12.4. The van der Waals surface area contributed by atoms with E-state index in [1.165, 1.54) is 0 Å². The van der Waals surface area contributed by atoms with E-state index in [1.54, 1.807) is 6.26 Å². The molecule has 0 saturated carbocycles. The van der Waals surface area contributed by atoms with E-state index in [9.17, 15) is 0 Å². The maximum absolute atomic E-state index is 9.10. The summed E-state index contributed by atoms with van der Waals surface area (Å²) in [5.41, 5.74) is 1.82. The number of aliphatic hydroxyl groups excluding tert-OH is 1. The molecule has 0 saturated heterocycles. The number of hydrogen-bond donors (Lipinski definition) is 2. The van der Waals surface area contributed by atoms with E-state index < -0.39 is 0 Å². The van der Waals surface area contributed by atoms with Gasteiger partial charge in [-0.25, -0.2) is 9.97 Å². The summed E-state index contributed by atoms with van der Waals surface area (Å²) >= 11 is 0. The first-order valence-electron chi connectivity index (χ1n) is 5.92. The van der Waals surface area contributed by atoms with Crippen LogP contribution >= 0.6 is 0 Å². The zero-order valence-electron chi connectivity index (χ0n) is 10.6. The molecule has 2 heterocycles. The van der Waals surface area contributed by atoms with Crippen LogP contribution in [0.25, 0.3) is 0 Å². The second kappa shape index (κ2) is 5.64. The number of nitrogens with zero attached hydrogens (tertiary/aromatic N) is 2. The minimum Gasteiger partial charge on any atom is -0.467 e. The molecule has 0 fully saturated rings. The molecule has 2 rings (SSSR count). The second-order valence-corrected chi connectivity index (χ2v) is 4.20. The summed E-state index contributed by atoms with van der Waals surface area (Å²) in [4.78, 5) is 8.64. The van der Waals surface area contributed by atoms with Crippen LogP contribution in [-0.4, -0.2) is 21.7 Å². The third kappa shape index (κ3) is 3.07. The highest BCUT2D eigenvalue weighted by Gasteiger charge is 2.15. The Kier molecular flexibility index (Phi) is 3.94. The number of aryl methyl sites for hydroxylation is 2. The lowest BCUT2D eigenvalue weighted by Crippen LogP contribution is -2.14. The summed E-state index contributed by atoms with van der Waals surface area (Å²) in [5, 5.41) is 12.3. The largest absolute Gasteiger partial charge is 0.467 e. The molecule has 18 heavy (non-hydrogen) atoms. The van der Waals surface area contributed by atoms with E-state index in [-0.39, 0.29) is 12.6 Å². The number of aliphatic hydroxyl groups is 1. The molecule has 0 spiro atoms. The molecular formula is C13H17N3O2. The quantitative estimate of drug-likeness (QED) is 0.847. The SMILES string of the molecule is Cc1cc(C)nc(NC(CCO)c2ccco2)n1. The Balaban J connectivity index is 2.18. The molecule has 0 amide bonds. The van der Waals surface area contributed by atoms with Gasteiger partial charge in [-0.2, -0.15) is 0 Å². The fourth-order valence-corrected chi connectivity index (χ4v) is 1.85. The molecule has 2 aromatic rings. The van der Waals surface area contributed by atoms with Crippen molar-refractivity contribution >= 4 is 5.95 Å². The van der Waals surface area contributed by atoms with E-state index in [0.29, 0.717) is 12.4 Å². The molecule has 0 radical (unpaired) electrons. The second-order valence-electron chi connectivity index (χ2n) is 4.20. The maximum atomic E-state index is 9.10. The molecule has 0 aromatic carbocycles. The average Bonchev–Trinajstić information content (AvgIpc) is 2.80. The highest BCUT2D eigenvalue weighted by Crippen LogP contribution is 2.21. The van der Waals surface area contributed by atoms with Crippen molar-refractivity contribution in [3.63, 3.8) is 0 Å². The van der Waals surface area contributed by atoms with Gasteiger partial charge in [0.15, 0.2) is 0 Å². The van der Waals surface area contributed by atoms with Crippen molar-refractivity contribution in [3.8, 4) is 0 Å². The third-order valence-corrected chi connectivity index (χ3v) is 2.59. The fourth-order valence-electron chi connectivity index (χ4n) is 1.85. The molecule has 1 unspecified atom stereocenters. The number of aromatic nitrogens is 2. The Bertz CT molecular complexity index is 477. The zero-order chi connectivity index (χ0) is 13.0. The smallest absolute Gasteiger partial charge is 0.223 e. The molecule has 1 atom stereocenters. The van der Waals surface area contributed by atoms with Crippen LogP contribution in [0.1, 0.15) is 29.6 Å². The topological polar surface area (TPSA) is 71.2 Å². The van der Waals surface area contributed by atoms with Gasteiger partial charge in [0.2, 0.25) is 5.95 Å². The maximum Gasteiger partial charge on any atom is 0.223 e. The lowest BCUT2D eigenvalue weighted by Gasteiger charge is -2.15. The van der Waals surface area contributed by atoms with Crippen LogP contribution in [0.2, 0.25) is 0 Å². The highest BCUT2D eigenvalue weighted by molar-refractivity contribution is 5.31. The molecule has 5 heteroatoms. The van der Waals surface area contributed by atoms with Gasteiger partial charge in [0.1, 0.15) is 5.76 Å². The molecule has 0 aliphatic rings. The van der Waals surface area contributed by atoms with Gasteiger partial charge >= 0.3 is 0 Å². The van der Waals surface area contributed by atoms with E-state index in [2.05, 4.69) is 15.3 Å². The molecular weight excluding hydrogens is 230 g/mol. The Morgan fingerprint density at radius 1 is 1.33 bits per heavy atom. The lowest BCUT2D eigenvalue weighted by atomic mass is 10.1. The highest BCUT2D eigenvalue weighted by atomic mass is 16.3. The number of hydrogen-bond acceptors (Lipinski definition) is 5. The minimum atomic E-state index is -0.119. The summed E-state index contributed by atoms with van der Waals surface area (Å²) in [6.07, 6.45) is 2.16. The zero-order valence-corrected chi connectivity index (χ0v) is 10.6. The van der Waals surface area contributed by atoms with E-state index in [4.69, 9.17) is 9.52 Å². The van der Waals surface area contributed by atoms with Gasteiger partial charge in [-0.05, 0) is 38.5 Å². The molecule has 0 aliphatic carbocycles. The summed E-state index contributed by atoms with van der Waals surface area (Å²) in [6.45, 7) is 3.92. The third-order valence-electron chi connectivity index (χ3n) is 2.59. The molecule has 96 valence electrons. The minimum absolute atomic E-state index is 0.0726. The van der Waals surface area contributed by atoms with Crippen molar-refractivity contribution in [2.75, 3.05) is 11.9 Å². The first kappa shape index (κ1) is 12.6. The predicted octanol–water partition coefficient (Wildman–Crippen LogP) is 2.22. The van der Waals surface area contributed by atoms with Crippen LogP contribution in [0, 0.1) is 13.8 Å². The van der Waals surface area contributed by atoms with Crippen LogP contribution in [0.3, 0.4) is 0 Å². The average molecular weight is 247 g/mol. The molecule has 0 aliphatic heterocycles. The van der Waals surface area contributed by atoms with Crippen molar-refractivity contribution in [1.29, 1.82) is 0 Å². The van der Waals surface area contributed by atoms with Crippen LogP contribution < -0.4 is 5.32 Å². The van der Waals surface area contributed by atoms with Crippen LogP contribution in [0.5, 0.6) is 0 Å². The number of nitrogens with one attached hydrogen (secondary N) is 1. The molecule has 2 N–H and O–H groups in total. The van der Waals surface area contributed by atoms with Gasteiger partial charge in [0.05, 0.1) is 12.3 Å². The standard InChI is InChI=1S/C13H17N3O2/c1-9-8-10(2)15-13(14-9)16-11(5-6-17)12-4-3-7-18-12/h3-4,7-8,11,17H,5-6H2,1-2H3,(H,14,15,16). The Morgan fingerprint density at radius 2 is 2.06 bits per heavy atom. The Morgan fingerprint density at radius 3 is 2.61 bits per heavy atom. The molecule has 0 bridgehead atoms. The summed E-state index contributed by atoms with van der Waals surface area (Å²) in [7, 11) is 0. The van der Waals surface area contributed by atoms with Crippen LogP contribution in [-0.2, 0) is 0 Å². The van der Waals surface area contributed by atoms with Crippen molar-refractivity contribution in [2.24, 2.45) is 0 Å². The number of anilines is 1. The predicted molar refractivity (Wildman–Crippen MR) is 68.3 cm³/mol. The van der Waals surface area contributed by atoms with Gasteiger partial charge in [-0.3, -0.25) is 0 Å². The van der Waals surface area contributed by atoms with E-state index in [1.807, 2.05) is 32.0 Å². The summed E-state index contributed by atoms with van der Waals surface area (Å²) in [5.74, 6) is 1.33. The molecule has 2 aromatic heterocycles. The van der Waals surface area contributed by atoms with Crippen LogP contribution in [0.15, 0.2) is 28.9 Å². The fraction of sp³-hybridized carbons (Fsp3) is 0.385. The van der Waals surface area contributed by atoms with Crippen molar-refractivity contribution in [1.82, 2.24) is 9.97 Å². The van der Waals surface area contributed by atoms with Crippen molar-refractivity contribution in [3.05, 3.63) is 41.6 Å². The summed E-state index contributed by atoms with van der Waals surface area (Å²) < 4.78 is 5.35. The first-order chi connectivity index (χ1) is 8.69. The van der Waals surface area contributed by atoms with Gasteiger partial charge < -0.3 is 14.8 Å². The van der Waals surface area contributed by atoms with E-state index in [0.717, 1.165) is 17.1 Å². The molecule has 5 nitrogen and oxygen atoms in total. The van der Waals surface area contributed by atoms with Gasteiger partial charge in [0, 0.05) is 18.0 Å². The van der Waals surface area contributed by atoms with Crippen molar-refractivity contribution in [2.45, 2.75) is 26.3 Å². The van der Waals surface area contributed by atoms with E-state index >= 15 is 0 Å². The lowest BCUT2D eigenvalue weighted by molar-refractivity contribution is 0.273. The van der Waals surface area contributed by atoms with Gasteiger partial charge in [-0.1, -0.05) is 0 Å². The van der Waals surface area contributed by atoms with Gasteiger partial charge in [0.25, 0.3) is 0 Å². The monoisotopic (exact) mass is 247 g/mol. The van der Waals surface area contributed by atoms with Gasteiger partial charge in [-0.15, -0.1) is 0 Å². The Hall–Kier alpha value is -1.88. The number of furan rings is 1. The number of rotatable bonds is 5. The van der Waals surface area contributed by atoms with Crippen LogP contribution in [0.4, 0.5) is 5.95 Å². The summed E-state index contributed by atoms with van der Waals surface area (Å²) in [6, 6.07) is 5.49. The Labute approximate surface area is 106 Å². The van der Waals surface area contributed by atoms with Crippen molar-refractivity contribution < 1.29 is 9.52 Å². The first-order valence-corrected chi connectivity index (χ1v) is 5.92.